The molecule has 0 radical (unpaired) electrons. The first-order valence-electron chi connectivity index (χ1n) is 4.46. The Labute approximate surface area is 112 Å². The van der Waals surface area contributed by atoms with Gasteiger partial charge in [0.15, 0.2) is 0 Å². The number of carboxylic acids is 2. The fourth-order valence-electron chi connectivity index (χ4n) is 0.509. The van der Waals surface area contributed by atoms with E-state index in [1.165, 1.54) is 6.92 Å². The van der Waals surface area contributed by atoms with Crippen LogP contribution in [0.15, 0.2) is 0 Å². The molecule has 1 amide bonds. The molecule has 0 aliphatic rings. The van der Waals surface area contributed by atoms with Crippen LogP contribution in [-0.2, 0) is 14.4 Å². The molecule has 0 aromatic carbocycles. The fourth-order valence-corrected chi connectivity index (χ4v) is 1.08. The molecular weight excluding hydrogens is 315 g/mol. The summed E-state index contributed by atoms with van der Waals surface area (Å²) in [5.41, 5.74) is 5.00. The van der Waals surface area contributed by atoms with E-state index >= 15 is 0 Å². The molecule has 0 saturated carbocycles. The van der Waals surface area contributed by atoms with Gasteiger partial charge >= 0.3 is 54.9 Å². The number of hydrogen-bond acceptors (Lipinski definition) is 5. The van der Waals surface area contributed by atoms with Gasteiger partial charge < -0.3 is 10.4 Å². The van der Waals surface area contributed by atoms with Crippen LogP contribution in [0.2, 0.25) is 5.32 Å². The number of hydrogen-bond donors (Lipinski definition) is 5. The molecule has 0 aromatic rings. The van der Waals surface area contributed by atoms with Crippen molar-refractivity contribution in [1.82, 2.24) is 5.32 Å². The van der Waals surface area contributed by atoms with Gasteiger partial charge in [-0.05, 0) is 0 Å². The Bertz CT molecular complexity index is 277. The Morgan fingerprint density at radius 3 is 1.88 bits per heavy atom. The van der Waals surface area contributed by atoms with E-state index in [2.05, 4.69) is 34.0 Å². The van der Waals surface area contributed by atoms with Crippen molar-refractivity contribution in [3.8, 4) is 0 Å². The van der Waals surface area contributed by atoms with Gasteiger partial charge in [-0.3, -0.25) is 4.79 Å². The monoisotopic (exact) mass is 332 g/mol. The van der Waals surface area contributed by atoms with E-state index in [0.717, 1.165) is 0 Å². The van der Waals surface area contributed by atoms with Gasteiger partial charge in [-0.15, -0.1) is 0 Å². The Morgan fingerprint density at radius 1 is 1.35 bits per heavy atom. The molecule has 100 valence electrons. The number of rotatable bonds is 5. The van der Waals surface area contributed by atoms with Crippen LogP contribution >= 0.6 is 12.6 Å². The molecule has 0 aromatic heterocycles. The topological polar surface area (TPSA) is 130 Å². The van der Waals surface area contributed by atoms with Crippen LogP contribution in [0.1, 0.15) is 6.92 Å². The third kappa shape index (κ3) is 11.5. The second-order valence-corrected chi connectivity index (χ2v) is 4.03. The van der Waals surface area contributed by atoms with Gasteiger partial charge in [-0.25, -0.2) is 4.79 Å². The first-order chi connectivity index (χ1) is 7.76. The third-order valence-corrected chi connectivity index (χ3v) is 2.56. The van der Waals surface area contributed by atoms with E-state index in [-0.39, 0.29) is 11.7 Å². The molecule has 0 bridgehead atoms. The van der Waals surface area contributed by atoms with Gasteiger partial charge in [0.25, 0.3) is 0 Å². The van der Waals surface area contributed by atoms with Crippen LogP contribution in [0.3, 0.4) is 0 Å². The van der Waals surface area contributed by atoms with E-state index in [1.54, 1.807) is 0 Å². The summed E-state index contributed by atoms with van der Waals surface area (Å²) >= 11 is 5.86. The van der Waals surface area contributed by atoms with E-state index in [9.17, 15) is 14.4 Å². The van der Waals surface area contributed by atoms with Crippen molar-refractivity contribution < 1.29 is 24.6 Å². The average molecular weight is 331 g/mol. The Kier molecular flexibility index (Phi) is 11.4. The van der Waals surface area contributed by atoms with Gasteiger partial charge in [-0.1, -0.05) is 0 Å². The zero-order valence-electron chi connectivity index (χ0n) is 9.16. The van der Waals surface area contributed by atoms with Crippen LogP contribution in [0, 0.1) is 0 Å². The van der Waals surface area contributed by atoms with Crippen molar-refractivity contribution in [3.05, 3.63) is 0 Å². The summed E-state index contributed by atoms with van der Waals surface area (Å²) in [5, 5.41) is 19.1. The van der Waals surface area contributed by atoms with Crippen LogP contribution in [0.25, 0.3) is 0 Å². The van der Waals surface area contributed by atoms with Gasteiger partial charge in [0.2, 0.25) is 5.91 Å². The van der Waals surface area contributed by atoms with Gasteiger partial charge in [0, 0.05) is 12.7 Å². The standard InChI is InChI=1S/C5H9NO3S.C3H7NO2Se/c1-3(7)6-4(2-10)5(8)9;4-2(1-7)3(5)6/h4,10H,2H2,1H3,(H,6,7)(H,8,9);2,7H,1,4H2,(H,5,6). The van der Waals surface area contributed by atoms with Crippen LogP contribution in [-0.4, -0.2) is 61.9 Å². The molecule has 0 aliphatic carbocycles. The normalized spacial score (nSPS) is 12.7. The maximum atomic E-state index is 10.3. The molecule has 0 rings (SSSR count). The summed E-state index contributed by atoms with van der Waals surface area (Å²) in [4.78, 5) is 30.3. The van der Waals surface area contributed by atoms with Crippen LogP contribution in [0.5, 0.6) is 0 Å². The van der Waals surface area contributed by atoms with E-state index in [0.29, 0.717) is 5.32 Å². The number of nitrogens with two attached hydrogens (primary N) is 1. The molecule has 0 heterocycles. The summed E-state index contributed by atoms with van der Waals surface area (Å²) in [7, 11) is 0. The molecule has 0 saturated heterocycles. The summed E-state index contributed by atoms with van der Waals surface area (Å²) in [5.74, 6) is -2.26. The summed E-state index contributed by atoms with van der Waals surface area (Å²) in [6, 6.07) is -1.58. The van der Waals surface area contributed by atoms with Crippen LogP contribution < -0.4 is 11.1 Å². The first-order valence-corrected chi connectivity index (χ1v) is 6.42. The van der Waals surface area contributed by atoms with E-state index in [1.807, 2.05) is 0 Å². The molecule has 2 atom stereocenters. The zero-order valence-corrected chi connectivity index (χ0v) is 11.9. The third-order valence-electron chi connectivity index (χ3n) is 1.37. The molecule has 0 spiro atoms. The number of thiol groups is 1. The van der Waals surface area contributed by atoms with Gasteiger partial charge in [0.05, 0.1) is 0 Å². The summed E-state index contributed by atoms with van der Waals surface area (Å²) < 4.78 is 0. The molecule has 9 heteroatoms. The molecule has 0 aliphatic heterocycles. The molecular formula is C8H16N2O5SSe. The van der Waals surface area contributed by atoms with Gasteiger partial charge in [0.1, 0.15) is 6.04 Å². The summed E-state index contributed by atoms with van der Waals surface area (Å²) in [6.45, 7) is 1.26. The van der Waals surface area contributed by atoms with Crippen molar-refractivity contribution in [2.75, 3.05) is 5.75 Å². The van der Waals surface area contributed by atoms with E-state index < -0.39 is 24.0 Å². The first kappa shape index (κ1) is 18.6. The number of aliphatic carboxylic acids is 2. The SMILES string of the molecule is CC(=O)NC(CS)C(=O)O.NC(C[SeH])C(=O)O. The van der Waals surface area contributed by atoms with Crippen molar-refractivity contribution in [2.45, 2.75) is 24.3 Å². The minimum absolute atomic E-state index is 0.106. The number of nitrogens with one attached hydrogen (secondary N) is 1. The van der Waals surface area contributed by atoms with Crippen molar-refractivity contribution in [3.63, 3.8) is 0 Å². The van der Waals surface area contributed by atoms with E-state index in [4.69, 9.17) is 15.9 Å². The van der Waals surface area contributed by atoms with Crippen molar-refractivity contribution in [2.24, 2.45) is 5.73 Å². The quantitative estimate of drug-likeness (QED) is 0.299. The molecule has 5 N–H and O–H groups in total. The molecule has 2 unspecified atom stereocenters. The zero-order chi connectivity index (χ0) is 14.0. The van der Waals surface area contributed by atoms with Crippen molar-refractivity contribution in [1.29, 1.82) is 0 Å². The second-order valence-electron chi connectivity index (χ2n) is 2.90. The Morgan fingerprint density at radius 2 is 1.82 bits per heavy atom. The molecule has 7 nitrogen and oxygen atoms in total. The average Bonchev–Trinajstić information content (AvgIpc) is 2.24. The molecule has 17 heavy (non-hydrogen) atoms. The van der Waals surface area contributed by atoms with Gasteiger partial charge in [-0.2, -0.15) is 12.6 Å². The molecule has 0 fully saturated rings. The predicted molar refractivity (Wildman–Crippen MR) is 66.7 cm³/mol. The Balaban J connectivity index is 0. The number of carboxylic acid groups (broad SMARTS) is 2. The minimum atomic E-state index is -1.06. The number of amides is 1. The summed E-state index contributed by atoms with van der Waals surface area (Å²) in [6.07, 6.45) is 0. The fraction of sp³-hybridized carbons (Fsp3) is 0.625. The van der Waals surface area contributed by atoms with Crippen LogP contribution in [0.4, 0.5) is 0 Å². The van der Waals surface area contributed by atoms with Crippen molar-refractivity contribution >= 4 is 46.5 Å². The number of carbonyl (C=O) groups is 3. The predicted octanol–water partition coefficient (Wildman–Crippen LogP) is -1.78. The second kappa shape index (κ2) is 10.4. The Hall–Kier alpha value is -0.761. The number of carbonyl (C=O) groups excluding carboxylic acids is 1. The maximum absolute atomic E-state index is 10.3.